The van der Waals surface area contributed by atoms with Crippen LogP contribution in [0.1, 0.15) is 23.2 Å². The monoisotopic (exact) mass is 372 g/mol. The van der Waals surface area contributed by atoms with Gasteiger partial charge in [0.15, 0.2) is 5.78 Å². The lowest BCUT2D eigenvalue weighted by molar-refractivity contribution is 0.0874. The summed E-state index contributed by atoms with van der Waals surface area (Å²) in [7, 11) is 4.27. The van der Waals surface area contributed by atoms with E-state index in [9.17, 15) is 4.79 Å². The molecule has 0 radical (unpaired) electrons. The number of Topliss-reactive ketones (excluding diaryl/α,β-unsaturated/α-hetero) is 1. The minimum Gasteiger partial charge on any atom is -0.306 e. The number of halogens is 1. The molecule has 0 atom stereocenters. The molecule has 3 nitrogen and oxygen atoms in total. The number of hydrogen-bond donors (Lipinski definition) is 0. The molecule has 1 fully saturated rings. The summed E-state index contributed by atoms with van der Waals surface area (Å²) in [6.45, 7) is 2.61. The van der Waals surface area contributed by atoms with Crippen LogP contribution in [0.25, 0.3) is 0 Å². The predicted octanol–water partition coefficient (Wildman–Crippen LogP) is 2.50. The molecule has 0 aromatic heterocycles. The normalized spacial score (nSPS) is 17.9. The smallest absolute Gasteiger partial charge is 0.176 e. The number of carbonyl (C=O) groups excluding carboxylic acids is 1. The van der Waals surface area contributed by atoms with Crippen LogP contribution in [-0.4, -0.2) is 55.4 Å². The number of benzene rings is 1. The highest BCUT2D eigenvalue weighted by Crippen LogP contribution is 2.15. The molecule has 0 aliphatic carbocycles. The molecule has 0 N–H and O–H groups in total. The summed E-state index contributed by atoms with van der Waals surface area (Å²) in [5.74, 6) is 0.236. The lowest BCUT2D eigenvalue weighted by atomic mass is 10.0. The lowest BCUT2D eigenvalue weighted by Crippen LogP contribution is -2.43. The number of nitrogens with zero attached hydrogens (tertiary/aromatic N) is 2. The van der Waals surface area contributed by atoms with Crippen molar-refractivity contribution in [3.63, 3.8) is 0 Å². The van der Waals surface area contributed by atoms with Gasteiger partial charge in [-0.15, -0.1) is 0 Å². The fourth-order valence-corrected chi connectivity index (χ4v) is 2.88. The van der Waals surface area contributed by atoms with Gasteiger partial charge in [-0.2, -0.15) is 0 Å². The van der Waals surface area contributed by atoms with Crippen molar-refractivity contribution in [3.05, 3.63) is 33.4 Å². The average molecular weight is 372 g/mol. The summed E-state index contributed by atoms with van der Waals surface area (Å²) in [5, 5.41) is 0. The third-order valence-corrected chi connectivity index (χ3v) is 4.54. The highest BCUT2D eigenvalue weighted by Gasteiger charge is 2.22. The van der Waals surface area contributed by atoms with Gasteiger partial charge in [0.2, 0.25) is 0 Å². The van der Waals surface area contributed by atoms with E-state index in [-0.39, 0.29) is 5.78 Å². The molecule has 1 aromatic carbocycles. The van der Waals surface area contributed by atoms with Crippen LogP contribution in [0.5, 0.6) is 0 Å². The molecule has 0 saturated carbocycles. The summed E-state index contributed by atoms with van der Waals surface area (Å²) >= 11 is 2.26. The van der Waals surface area contributed by atoms with Crippen LogP contribution in [0.4, 0.5) is 0 Å². The standard InChI is InChI=1S/C15H21IN2O/c1-17(2)14-7-9-18(10-8-14)11-15(19)12-3-5-13(16)6-4-12/h3-6,14H,7-11H2,1-2H3. The van der Waals surface area contributed by atoms with E-state index in [0.717, 1.165) is 31.5 Å². The van der Waals surface area contributed by atoms with Crippen molar-refractivity contribution >= 4 is 28.4 Å². The van der Waals surface area contributed by atoms with Gasteiger partial charge in [-0.3, -0.25) is 9.69 Å². The summed E-state index contributed by atoms with van der Waals surface area (Å²) < 4.78 is 1.17. The van der Waals surface area contributed by atoms with Gasteiger partial charge in [0.1, 0.15) is 0 Å². The Morgan fingerprint density at radius 1 is 1.26 bits per heavy atom. The maximum absolute atomic E-state index is 12.2. The first-order valence-corrected chi connectivity index (χ1v) is 7.81. The largest absolute Gasteiger partial charge is 0.306 e. The van der Waals surface area contributed by atoms with Gasteiger partial charge >= 0.3 is 0 Å². The van der Waals surface area contributed by atoms with E-state index in [1.54, 1.807) is 0 Å². The van der Waals surface area contributed by atoms with Crippen molar-refractivity contribution in [2.75, 3.05) is 33.7 Å². The molecule has 0 unspecified atom stereocenters. The van der Waals surface area contributed by atoms with Crippen LogP contribution >= 0.6 is 22.6 Å². The molecule has 1 aliphatic rings. The zero-order valence-electron chi connectivity index (χ0n) is 11.6. The number of ketones is 1. The molecule has 0 bridgehead atoms. The molecule has 0 spiro atoms. The molecule has 1 aliphatic heterocycles. The maximum atomic E-state index is 12.2. The molecular formula is C15H21IN2O. The zero-order valence-corrected chi connectivity index (χ0v) is 13.8. The van der Waals surface area contributed by atoms with Crippen molar-refractivity contribution in [3.8, 4) is 0 Å². The van der Waals surface area contributed by atoms with E-state index in [1.807, 2.05) is 24.3 Å². The molecule has 19 heavy (non-hydrogen) atoms. The maximum Gasteiger partial charge on any atom is 0.176 e. The first-order valence-electron chi connectivity index (χ1n) is 6.74. The van der Waals surface area contributed by atoms with Gasteiger partial charge in [-0.1, -0.05) is 12.1 Å². The zero-order chi connectivity index (χ0) is 13.8. The van der Waals surface area contributed by atoms with E-state index in [2.05, 4.69) is 46.5 Å². The second-order valence-electron chi connectivity index (χ2n) is 5.40. The summed E-state index contributed by atoms with van der Waals surface area (Å²) in [6.07, 6.45) is 2.32. The minimum absolute atomic E-state index is 0.236. The van der Waals surface area contributed by atoms with Gasteiger partial charge < -0.3 is 4.90 Å². The van der Waals surface area contributed by atoms with Gasteiger partial charge in [0.25, 0.3) is 0 Å². The molecule has 0 amide bonds. The average Bonchev–Trinajstić information content (AvgIpc) is 2.40. The Bertz CT molecular complexity index is 422. The molecule has 104 valence electrons. The van der Waals surface area contributed by atoms with Crippen LogP contribution in [-0.2, 0) is 0 Å². The second kappa shape index (κ2) is 6.81. The van der Waals surface area contributed by atoms with Crippen molar-refractivity contribution in [1.82, 2.24) is 9.80 Å². The van der Waals surface area contributed by atoms with E-state index >= 15 is 0 Å². The van der Waals surface area contributed by atoms with E-state index < -0.39 is 0 Å². The molecular weight excluding hydrogens is 351 g/mol. The SMILES string of the molecule is CN(C)C1CCN(CC(=O)c2ccc(I)cc2)CC1. The number of carbonyl (C=O) groups is 1. The van der Waals surface area contributed by atoms with Crippen LogP contribution in [0, 0.1) is 3.57 Å². The summed E-state index contributed by atoms with van der Waals surface area (Å²) in [5.41, 5.74) is 0.829. The molecule has 1 aromatic rings. The Morgan fingerprint density at radius 2 is 1.84 bits per heavy atom. The van der Waals surface area contributed by atoms with Crippen molar-refractivity contribution < 1.29 is 4.79 Å². The van der Waals surface area contributed by atoms with Gasteiger partial charge in [0, 0.05) is 28.3 Å². The van der Waals surface area contributed by atoms with Crippen LogP contribution in [0.2, 0.25) is 0 Å². The molecule has 2 rings (SSSR count). The third-order valence-electron chi connectivity index (χ3n) is 3.82. The third kappa shape index (κ3) is 4.26. The highest BCUT2D eigenvalue weighted by atomic mass is 127. The number of piperidine rings is 1. The Labute approximate surface area is 129 Å². The predicted molar refractivity (Wildman–Crippen MR) is 86.6 cm³/mol. The van der Waals surface area contributed by atoms with Gasteiger partial charge in [-0.05, 0) is 61.7 Å². The second-order valence-corrected chi connectivity index (χ2v) is 6.65. The molecule has 1 saturated heterocycles. The van der Waals surface area contributed by atoms with E-state index in [0.29, 0.717) is 12.6 Å². The number of likely N-dealkylation sites (tertiary alicyclic amines) is 1. The van der Waals surface area contributed by atoms with Crippen molar-refractivity contribution in [2.24, 2.45) is 0 Å². The topological polar surface area (TPSA) is 23.6 Å². The lowest BCUT2D eigenvalue weighted by Gasteiger charge is -2.34. The van der Waals surface area contributed by atoms with Crippen LogP contribution < -0.4 is 0 Å². The fraction of sp³-hybridized carbons (Fsp3) is 0.533. The Hall–Kier alpha value is -0.460. The molecule has 4 heteroatoms. The van der Waals surface area contributed by atoms with Crippen molar-refractivity contribution in [1.29, 1.82) is 0 Å². The van der Waals surface area contributed by atoms with Gasteiger partial charge in [-0.25, -0.2) is 0 Å². The first kappa shape index (κ1) is 14.9. The van der Waals surface area contributed by atoms with Gasteiger partial charge in [0.05, 0.1) is 6.54 Å². The molecule has 1 heterocycles. The van der Waals surface area contributed by atoms with E-state index in [4.69, 9.17) is 0 Å². The Balaban J connectivity index is 1.85. The fourth-order valence-electron chi connectivity index (χ4n) is 2.52. The van der Waals surface area contributed by atoms with Crippen LogP contribution in [0.15, 0.2) is 24.3 Å². The highest BCUT2D eigenvalue weighted by molar-refractivity contribution is 14.1. The first-order chi connectivity index (χ1) is 9.06. The minimum atomic E-state index is 0.236. The summed E-state index contributed by atoms with van der Waals surface area (Å²) in [4.78, 5) is 16.8. The Morgan fingerprint density at radius 3 is 2.37 bits per heavy atom. The number of hydrogen-bond acceptors (Lipinski definition) is 3. The number of rotatable bonds is 4. The van der Waals surface area contributed by atoms with Crippen LogP contribution in [0.3, 0.4) is 0 Å². The Kier molecular flexibility index (Phi) is 5.36. The quantitative estimate of drug-likeness (QED) is 0.600. The summed E-state index contributed by atoms with van der Waals surface area (Å²) in [6, 6.07) is 8.51. The van der Waals surface area contributed by atoms with E-state index in [1.165, 1.54) is 3.57 Å². The van der Waals surface area contributed by atoms with Crippen molar-refractivity contribution in [2.45, 2.75) is 18.9 Å².